The van der Waals surface area contributed by atoms with Crippen LogP contribution in [0.25, 0.3) is 17.1 Å². The molecule has 5 nitrogen and oxygen atoms in total. The number of amides is 1. The van der Waals surface area contributed by atoms with Gasteiger partial charge >= 0.3 is 0 Å². The van der Waals surface area contributed by atoms with E-state index in [1.165, 1.54) is 17.8 Å². The molecule has 0 aliphatic heterocycles. The fraction of sp³-hybridized carbons (Fsp3) is 0.0455. The summed E-state index contributed by atoms with van der Waals surface area (Å²) in [5.41, 5.74) is 7.69. The Morgan fingerprint density at radius 1 is 1.00 bits per heavy atom. The molecule has 1 amide bonds. The molecule has 8 heteroatoms. The van der Waals surface area contributed by atoms with Gasteiger partial charge in [-0.05, 0) is 42.0 Å². The molecule has 1 heterocycles. The molecule has 4 aromatic rings. The highest BCUT2D eigenvalue weighted by Gasteiger charge is 2.20. The summed E-state index contributed by atoms with van der Waals surface area (Å²) < 4.78 is 16.3. The van der Waals surface area contributed by atoms with Crippen LogP contribution in [0.5, 0.6) is 0 Å². The van der Waals surface area contributed by atoms with E-state index in [0.29, 0.717) is 38.6 Å². The molecular weight excluding hydrogens is 423 g/mol. The smallest absolute Gasteiger partial charge is 0.248 e. The van der Waals surface area contributed by atoms with Crippen molar-refractivity contribution in [1.82, 2.24) is 14.8 Å². The minimum absolute atomic E-state index is 0.337. The van der Waals surface area contributed by atoms with Crippen molar-refractivity contribution >= 4 is 29.3 Å². The predicted octanol–water partition coefficient (Wildman–Crippen LogP) is 5.12. The maximum atomic E-state index is 14.7. The van der Waals surface area contributed by atoms with Crippen molar-refractivity contribution < 1.29 is 9.18 Å². The van der Waals surface area contributed by atoms with E-state index in [2.05, 4.69) is 10.2 Å². The van der Waals surface area contributed by atoms with Crippen LogP contribution in [0.2, 0.25) is 5.02 Å². The number of halogens is 2. The first-order chi connectivity index (χ1) is 14.5. The Balaban J connectivity index is 1.72. The molecule has 4 rings (SSSR count). The van der Waals surface area contributed by atoms with Gasteiger partial charge in [-0.1, -0.05) is 59.8 Å². The second kappa shape index (κ2) is 8.69. The Morgan fingerprint density at radius 3 is 2.40 bits per heavy atom. The summed E-state index contributed by atoms with van der Waals surface area (Å²) in [4.78, 5) is 11.2. The standard InChI is InChI=1S/C22H16ClFN4OS/c23-17-6-2-1-5-16(17)21-26-27-22(28(21)19-8-4-3-7-18(19)24)30-13-14-9-11-15(12-10-14)20(25)29/h1-12H,13H2,(H2,25,29). The Bertz CT molecular complexity index is 1210. The lowest BCUT2D eigenvalue weighted by molar-refractivity contribution is 0.100. The number of rotatable bonds is 6. The molecule has 0 atom stereocenters. The molecule has 0 fully saturated rings. The third kappa shape index (κ3) is 4.08. The fourth-order valence-corrected chi connectivity index (χ4v) is 4.06. The number of para-hydroxylation sites is 1. The van der Waals surface area contributed by atoms with Crippen LogP contribution in [-0.4, -0.2) is 20.7 Å². The molecule has 1 aromatic heterocycles. The van der Waals surface area contributed by atoms with Crippen LogP contribution in [0.15, 0.2) is 78.0 Å². The Hall–Kier alpha value is -3.16. The molecule has 30 heavy (non-hydrogen) atoms. The zero-order valence-corrected chi connectivity index (χ0v) is 17.2. The third-order valence-corrected chi connectivity index (χ3v) is 5.78. The number of benzene rings is 3. The maximum Gasteiger partial charge on any atom is 0.248 e. The number of carbonyl (C=O) groups excluding carboxylic acids is 1. The normalized spacial score (nSPS) is 10.9. The lowest BCUT2D eigenvalue weighted by Crippen LogP contribution is -2.10. The Kier molecular flexibility index (Phi) is 5.83. The Morgan fingerprint density at radius 2 is 1.70 bits per heavy atom. The molecule has 0 saturated carbocycles. The number of nitrogens with two attached hydrogens (primary N) is 1. The van der Waals surface area contributed by atoms with E-state index in [1.807, 2.05) is 30.3 Å². The molecule has 0 bridgehead atoms. The maximum absolute atomic E-state index is 14.7. The van der Waals surface area contributed by atoms with Crippen LogP contribution in [0, 0.1) is 5.82 Å². The molecule has 0 spiro atoms. The summed E-state index contributed by atoms with van der Waals surface area (Å²) in [6.07, 6.45) is 0. The number of nitrogens with zero attached hydrogens (tertiary/aromatic N) is 3. The monoisotopic (exact) mass is 438 g/mol. The number of primary amides is 1. The first-order valence-electron chi connectivity index (χ1n) is 9.01. The summed E-state index contributed by atoms with van der Waals surface area (Å²) in [6, 6.07) is 20.7. The van der Waals surface area contributed by atoms with Crippen molar-refractivity contribution in [3.8, 4) is 17.1 Å². The minimum Gasteiger partial charge on any atom is -0.366 e. The number of aromatic nitrogens is 3. The van der Waals surface area contributed by atoms with Crippen LogP contribution in [0.3, 0.4) is 0 Å². The van der Waals surface area contributed by atoms with E-state index in [4.69, 9.17) is 17.3 Å². The summed E-state index contributed by atoms with van der Waals surface area (Å²) >= 11 is 7.76. The highest BCUT2D eigenvalue weighted by atomic mass is 35.5. The van der Waals surface area contributed by atoms with E-state index in [1.54, 1.807) is 41.0 Å². The van der Waals surface area contributed by atoms with Crippen molar-refractivity contribution in [3.63, 3.8) is 0 Å². The van der Waals surface area contributed by atoms with Gasteiger partial charge in [0.2, 0.25) is 5.91 Å². The molecule has 3 aromatic carbocycles. The van der Waals surface area contributed by atoms with Gasteiger partial charge in [-0.2, -0.15) is 0 Å². The van der Waals surface area contributed by atoms with Gasteiger partial charge in [-0.25, -0.2) is 4.39 Å². The van der Waals surface area contributed by atoms with E-state index in [9.17, 15) is 9.18 Å². The topological polar surface area (TPSA) is 73.8 Å². The summed E-state index contributed by atoms with van der Waals surface area (Å²) in [5.74, 6) is 0.141. The molecule has 0 radical (unpaired) electrons. The second-order valence-corrected chi connectivity index (χ2v) is 7.77. The first kappa shape index (κ1) is 20.1. The van der Waals surface area contributed by atoms with Crippen molar-refractivity contribution in [2.75, 3.05) is 0 Å². The van der Waals surface area contributed by atoms with E-state index >= 15 is 0 Å². The molecular formula is C22H16ClFN4OS. The van der Waals surface area contributed by atoms with Crippen molar-refractivity contribution in [3.05, 3.63) is 94.8 Å². The van der Waals surface area contributed by atoms with E-state index < -0.39 is 11.7 Å². The second-order valence-electron chi connectivity index (χ2n) is 6.42. The van der Waals surface area contributed by atoms with Crippen molar-refractivity contribution in [2.24, 2.45) is 5.73 Å². The lowest BCUT2D eigenvalue weighted by atomic mass is 10.1. The highest BCUT2D eigenvalue weighted by molar-refractivity contribution is 7.98. The van der Waals surface area contributed by atoms with Crippen molar-refractivity contribution in [1.29, 1.82) is 0 Å². The van der Waals surface area contributed by atoms with Gasteiger partial charge in [-0.15, -0.1) is 10.2 Å². The van der Waals surface area contributed by atoms with E-state index in [-0.39, 0.29) is 0 Å². The van der Waals surface area contributed by atoms with Crippen LogP contribution < -0.4 is 5.73 Å². The van der Waals surface area contributed by atoms with Gasteiger partial charge in [0, 0.05) is 16.9 Å². The summed E-state index contributed by atoms with van der Waals surface area (Å²) in [6.45, 7) is 0. The van der Waals surface area contributed by atoms with Crippen LogP contribution in [0.1, 0.15) is 15.9 Å². The SMILES string of the molecule is NC(=O)c1ccc(CSc2nnc(-c3ccccc3Cl)n2-c2ccccc2F)cc1. The van der Waals surface area contributed by atoms with E-state index in [0.717, 1.165) is 5.56 Å². The van der Waals surface area contributed by atoms with Gasteiger partial charge in [0.05, 0.1) is 10.7 Å². The zero-order valence-electron chi connectivity index (χ0n) is 15.6. The van der Waals surface area contributed by atoms with Crippen LogP contribution in [-0.2, 0) is 5.75 Å². The summed E-state index contributed by atoms with van der Waals surface area (Å²) in [5, 5.41) is 9.61. The number of thioether (sulfide) groups is 1. The molecule has 0 saturated heterocycles. The predicted molar refractivity (Wildman–Crippen MR) is 116 cm³/mol. The quantitative estimate of drug-likeness (QED) is 0.424. The highest BCUT2D eigenvalue weighted by Crippen LogP contribution is 2.33. The minimum atomic E-state index is -0.474. The molecule has 150 valence electrons. The molecule has 2 N–H and O–H groups in total. The van der Waals surface area contributed by atoms with Crippen molar-refractivity contribution in [2.45, 2.75) is 10.9 Å². The van der Waals surface area contributed by atoms with Gasteiger partial charge < -0.3 is 5.73 Å². The Labute approximate surface area is 181 Å². The summed E-state index contributed by atoms with van der Waals surface area (Å²) in [7, 11) is 0. The largest absolute Gasteiger partial charge is 0.366 e. The number of carbonyl (C=O) groups is 1. The molecule has 0 unspecified atom stereocenters. The number of hydrogen-bond donors (Lipinski definition) is 1. The molecule has 0 aliphatic carbocycles. The van der Waals surface area contributed by atoms with Gasteiger partial charge in [0.25, 0.3) is 0 Å². The lowest BCUT2D eigenvalue weighted by Gasteiger charge is -2.12. The van der Waals surface area contributed by atoms with Crippen LogP contribution >= 0.6 is 23.4 Å². The first-order valence-corrected chi connectivity index (χ1v) is 10.4. The number of hydrogen-bond acceptors (Lipinski definition) is 4. The average molecular weight is 439 g/mol. The van der Waals surface area contributed by atoms with Crippen LogP contribution in [0.4, 0.5) is 4.39 Å². The fourth-order valence-electron chi connectivity index (χ4n) is 2.94. The van der Waals surface area contributed by atoms with Gasteiger partial charge in [0.15, 0.2) is 11.0 Å². The van der Waals surface area contributed by atoms with Gasteiger partial charge in [0.1, 0.15) is 5.82 Å². The average Bonchev–Trinajstić information content (AvgIpc) is 3.16. The van der Waals surface area contributed by atoms with Gasteiger partial charge in [-0.3, -0.25) is 9.36 Å². The molecule has 0 aliphatic rings. The third-order valence-electron chi connectivity index (χ3n) is 4.45. The zero-order chi connectivity index (χ0) is 21.1.